The van der Waals surface area contributed by atoms with E-state index in [-0.39, 0.29) is 17.9 Å². The molecule has 1 aliphatic heterocycles. The SMILES string of the molecule is C=C/C=C(\CC)CNC1CCC(=O)NC1=O. The van der Waals surface area contributed by atoms with Crippen molar-refractivity contribution >= 4 is 11.8 Å². The largest absolute Gasteiger partial charge is 0.302 e. The molecule has 2 N–H and O–H groups in total. The molecule has 0 spiro atoms. The third-order valence-electron chi connectivity index (χ3n) is 2.62. The maximum absolute atomic E-state index is 11.4. The minimum Gasteiger partial charge on any atom is -0.302 e. The lowest BCUT2D eigenvalue weighted by molar-refractivity contribution is -0.134. The lowest BCUT2D eigenvalue weighted by Gasteiger charge is -2.22. The van der Waals surface area contributed by atoms with Gasteiger partial charge in [-0.1, -0.05) is 31.2 Å². The minimum atomic E-state index is -0.252. The Balaban J connectivity index is 2.43. The second-order valence-electron chi connectivity index (χ2n) is 3.80. The number of nitrogens with one attached hydrogen (secondary N) is 2. The highest BCUT2D eigenvalue weighted by molar-refractivity contribution is 6.00. The molecule has 2 amide bonds. The van der Waals surface area contributed by atoms with Crippen LogP contribution in [0, 0.1) is 0 Å². The lowest BCUT2D eigenvalue weighted by atomic mass is 10.1. The minimum absolute atomic E-state index is 0.180. The molecule has 0 aromatic heterocycles. The van der Waals surface area contributed by atoms with Gasteiger partial charge in [-0.2, -0.15) is 0 Å². The first-order chi connectivity index (χ1) is 7.67. The predicted octanol–water partition coefficient (Wildman–Crippen LogP) is 0.904. The molecule has 1 saturated heterocycles. The van der Waals surface area contributed by atoms with Gasteiger partial charge in [0.25, 0.3) is 0 Å². The molecule has 1 fully saturated rings. The summed E-state index contributed by atoms with van der Waals surface area (Å²) in [6, 6.07) is -0.252. The highest BCUT2D eigenvalue weighted by Gasteiger charge is 2.25. The first kappa shape index (κ1) is 12.6. The predicted molar refractivity (Wildman–Crippen MR) is 62.7 cm³/mol. The average Bonchev–Trinajstić information content (AvgIpc) is 2.26. The fraction of sp³-hybridized carbons (Fsp3) is 0.500. The van der Waals surface area contributed by atoms with Crippen molar-refractivity contribution in [1.82, 2.24) is 10.6 Å². The van der Waals surface area contributed by atoms with E-state index in [2.05, 4.69) is 24.1 Å². The Labute approximate surface area is 95.8 Å². The van der Waals surface area contributed by atoms with Crippen LogP contribution < -0.4 is 10.6 Å². The van der Waals surface area contributed by atoms with Gasteiger partial charge < -0.3 is 5.32 Å². The molecule has 0 radical (unpaired) electrons. The van der Waals surface area contributed by atoms with Crippen molar-refractivity contribution in [3.8, 4) is 0 Å². The van der Waals surface area contributed by atoms with Gasteiger partial charge in [0, 0.05) is 13.0 Å². The zero-order valence-electron chi connectivity index (χ0n) is 9.58. The molecular weight excluding hydrogens is 204 g/mol. The quantitative estimate of drug-likeness (QED) is 0.537. The molecular formula is C12H18N2O2. The van der Waals surface area contributed by atoms with Crippen molar-refractivity contribution in [1.29, 1.82) is 0 Å². The standard InChI is InChI=1S/C12H18N2O2/c1-3-5-9(4-2)8-13-10-6-7-11(15)14-12(10)16/h3,5,10,13H,1,4,6-8H2,2H3,(H,14,15,16)/b9-5+. The van der Waals surface area contributed by atoms with Crippen LogP contribution in [-0.4, -0.2) is 24.4 Å². The summed E-state index contributed by atoms with van der Waals surface area (Å²) in [7, 11) is 0. The Morgan fingerprint density at radius 3 is 2.94 bits per heavy atom. The van der Waals surface area contributed by atoms with Gasteiger partial charge >= 0.3 is 0 Å². The molecule has 88 valence electrons. The van der Waals surface area contributed by atoms with Gasteiger partial charge in [-0.05, 0) is 12.8 Å². The van der Waals surface area contributed by atoms with Gasteiger partial charge in [-0.25, -0.2) is 0 Å². The molecule has 0 aromatic carbocycles. The molecule has 1 heterocycles. The van der Waals surface area contributed by atoms with Crippen LogP contribution in [0.5, 0.6) is 0 Å². The zero-order chi connectivity index (χ0) is 12.0. The van der Waals surface area contributed by atoms with E-state index in [1.807, 2.05) is 6.08 Å². The molecule has 1 atom stereocenters. The average molecular weight is 222 g/mol. The van der Waals surface area contributed by atoms with Crippen LogP contribution >= 0.6 is 0 Å². The molecule has 1 aliphatic rings. The zero-order valence-corrected chi connectivity index (χ0v) is 9.58. The molecule has 1 rings (SSSR count). The number of carbonyl (C=O) groups excluding carboxylic acids is 2. The molecule has 0 bridgehead atoms. The number of rotatable bonds is 5. The van der Waals surface area contributed by atoms with Crippen LogP contribution in [-0.2, 0) is 9.59 Å². The normalized spacial score (nSPS) is 21.8. The summed E-state index contributed by atoms with van der Waals surface area (Å²) in [4.78, 5) is 22.4. The molecule has 4 heteroatoms. The summed E-state index contributed by atoms with van der Waals surface area (Å²) in [5.41, 5.74) is 1.19. The van der Waals surface area contributed by atoms with Crippen LogP contribution in [0.2, 0.25) is 0 Å². The van der Waals surface area contributed by atoms with Crippen molar-refractivity contribution in [2.45, 2.75) is 32.2 Å². The summed E-state index contributed by atoms with van der Waals surface area (Å²) < 4.78 is 0. The number of hydrogen-bond acceptors (Lipinski definition) is 3. The number of imide groups is 1. The van der Waals surface area contributed by atoms with Crippen LogP contribution in [0.1, 0.15) is 26.2 Å². The van der Waals surface area contributed by atoms with Crippen molar-refractivity contribution in [3.05, 3.63) is 24.3 Å². The van der Waals surface area contributed by atoms with Crippen LogP contribution in [0.25, 0.3) is 0 Å². The number of amides is 2. The van der Waals surface area contributed by atoms with Gasteiger partial charge in [-0.15, -0.1) is 0 Å². The fourth-order valence-corrected chi connectivity index (χ4v) is 1.61. The summed E-state index contributed by atoms with van der Waals surface area (Å²) in [5, 5.41) is 5.47. The molecule has 1 unspecified atom stereocenters. The van der Waals surface area contributed by atoms with E-state index >= 15 is 0 Å². The first-order valence-electron chi connectivity index (χ1n) is 5.55. The Morgan fingerprint density at radius 1 is 1.62 bits per heavy atom. The van der Waals surface area contributed by atoms with Gasteiger partial charge in [0.1, 0.15) is 0 Å². The second kappa shape index (κ2) is 6.23. The first-order valence-corrected chi connectivity index (χ1v) is 5.55. The fourth-order valence-electron chi connectivity index (χ4n) is 1.61. The van der Waals surface area contributed by atoms with Gasteiger partial charge in [0.15, 0.2) is 0 Å². The number of carbonyl (C=O) groups is 2. The van der Waals surface area contributed by atoms with E-state index in [4.69, 9.17) is 0 Å². The van der Waals surface area contributed by atoms with Crippen molar-refractivity contribution in [3.63, 3.8) is 0 Å². The van der Waals surface area contributed by atoms with Crippen molar-refractivity contribution < 1.29 is 9.59 Å². The third-order valence-corrected chi connectivity index (χ3v) is 2.62. The topological polar surface area (TPSA) is 58.2 Å². The number of hydrogen-bond donors (Lipinski definition) is 2. The van der Waals surface area contributed by atoms with E-state index in [1.54, 1.807) is 6.08 Å². The van der Waals surface area contributed by atoms with E-state index in [1.165, 1.54) is 5.57 Å². The van der Waals surface area contributed by atoms with E-state index in [9.17, 15) is 9.59 Å². The van der Waals surface area contributed by atoms with Gasteiger partial charge in [-0.3, -0.25) is 14.9 Å². The maximum Gasteiger partial charge on any atom is 0.243 e. The maximum atomic E-state index is 11.4. The van der Waals surface area contributed by atoms with Crippen LogP contribution in [0.15, 0.2) is 24.3 Å². The highest BCUT2D eigenvalue weighted by atomic mass is 16.2. The Bertz CT molecular complexity index is 321. The Hall–Kier alpha value is -1.42. The summed E-state index contributed by atoms with van der Waals surface area (Å²) in [6.45, 7) is 6.36. The van der Waals surface area contributed by atoms with E-state index in [0.717, 1.165) is 6.42 Å². The smallest absolute Gasteiger partial charge is 0.243 e. The second-order valence-corrected chi connectivity index (χ2v) is 3.80. The van der Waals surface area contributed by atoms with Crippen LogP contribution in [0.3, 0.4) is 0 Å². The lowest BCUT2D eigenvalue weighted by Crippen LogP contribution is -2.51. The molecule has 0 saturated carbocycles. The summed E-state index contributed by atoms with van der Waals surface area (Å²) >= 11 is 0. The Kier molecular flexibility index (Phi) is 4.92. The third kappa shape index (κ3) is 3.62. The molecule has 16 heavy (non-hydrogen) atoms. The van der Waals surface area contributed by atoms with Gasteiger partial charge in [0.2, 0.25) is 11.8 Å². The number of allylic oxidation sites excluding steroid dienone is 2. The number of piperidine rings is 1. The van der Waals surface area contributed by atoms with Gasteiger partial charge in [0.05, 0.1) is 6.04 Å². The van der Waals surface area contributed by atoms with Crippen LogP contribution in [0.4, 0.5) is 0 Å². The summed E-state index contributed by atoms with van der Waals surface area (Å²) in [6.07, 6.45) is 5.60. The summed E-state index contributed by atoms with van der Waals surface area (Å²) in [5.74, 6) is -0.397. The van der Waals surface area contributed by atoms with Crippen molar-refractivity contribution in [2.75, 3.05) is 6.54 Å². The molecule has 4 nitrogen and oxygen atoms in total. The monoisotopic (exact) mass is 222 g/mol. The highest BCUT2D eigenvalue weighted by Crippen LogP contribution is 2.06. The van der Waals surface area contributed by atoms with E-state index < -0.39 is 0 Å². The molecule has 0 aliphatic carbocycles. The molecule has 0 aromatic rings. The Morgan fingerprint density at radius 2 is 2.38 bits per heavy atom. The van der Waals surface area contributed by atoms with Crippen molar-refractivity contribution in [2.24, 2.45) is 0 Å². The van der Waals surface area contributed by atoms with E-state index in [0.29, 0.717) is 19.4 Å².